The van der Waals surface area contributed by atoms with Gasteiger partial charge in [0, 0.05) is 21.8 Å². The van der Waals surface area contributed by atoms with Crippen molar-refractivity contribution in [2.45, 2.75) is 31.4 Å². The van der Waals surface area contributed by atoms with Crippen LogP contribution < -0.4 is 0 Å². The van der Waals surface area contributed by atoms with E-state index >= 15 is 0 Å². The number of hydrogen-bond acceptors (Lipinski definition) is 1. The van der Waals surface area contributed by atoms with Crippen LogP contribution in [0.15, 0.2) is 48.5 Å². The van der Waals surface area contributed by atoms with Crippen molar-refractivity contribution in [1.29, 1.82) is 0 Å². The van der Waals surface area contributed by atoms with Crippen LogP contribution in [0.2, 0.25) is 0 Å². The third-order valence-electron chi connectivity index (χ3n) is 4.39. The van der Waals surface area contributed by atoms with Crippen LogP contribution in [0.4, 0.5) is 0 Å². The molecule has 0 amide bonds. The van der Waals surface area contributed by atoms with E-state index in [0.717, 1.165) is 19.3 Å². The van der Waals surface area contributed by atoms with Crippen LogP contribution in [0.5, 0.6) is 0 Å². The van der Waals surface area contributed by atoms with Gasteiger partial charge in [0.15, 0.2) is 0 Å². The summed E-state index contributed by atoms with van der Waals surface area (Å²) in [5, 5.41) is 12.8. The van der Waals surface area contributed by atoms with Crippen molar-refractivity contribution in [2.75, 3.05) is 0 Å². The summed E-state index contributed by atoms with van der Waals surface area (Å²) in [6.07, 6.45) is 2.90. The maximum absolute atomic E-state index is 10.3. The molecule has 1 N–H and O–H groups in total. The van der Waals surface area contributed by atoms with E-state index in [9.17, 15) is 5.11 Å². The molecule has 1 aromatic heterocycles. The number of rotatable bonds is 1. The molecule has 0 radical (unpaired) electrons. The van der Waals surface area contributed by atoms with Gasteiger partial charge in [0.2, 0.25) is 0 Å². The van der Waals surface area contributed by atoms with Gasteiger partial charge >= 0.3 is 0 Å². The highest BCUT2D eigenvalue weighted by molar-refractivity contribution is 6.08. The minimum Gasteiger partial charge on any atom is -0.391 e. The van der Waals surface area contributed by atoms with E-state index in [1.54, 1.807) is 0 Å². The quantitative estimate of drug-likeness (QED) is 0.697. The van der Waals surface area contributed by atoms with Gasteiger partial charge in [-0.15, -0.1) is 0 Å². The van der Waals surface area contributed by atoms with Crippen molar-refractivity contribution in [3.8, 4) is 0 Å². The fourth-order valence-corrected chi connectivity index (χ4v) is 3.53. The van der Waals surface area contributed by atoms with Crippen molar-refractivity contribution < 1.29 is 5.11 Å². The molecule has 1 heterocycles. The Morgan fingerprint density at radius 3 is 1.95 bits per heavy atom. The molecule has 1 saturated carbocycles. The van der Waals surface area contributed by atoms with Crippen LogP contribution in [-0.4, -0.2) is 15.8 Å². The first-order chi connectivity index (χ1) is 9.36. The minimum absolute atomic E-state index is 0.209. The zero-order valence-corrected chi connectivity index (χ0v) is 10.8. The average Bonchev–Trinajstić information content (AvgIpc) is 3.00. The van der Waals surface area contributed by atoms with Crippen LogP contribution >= 0.6 is 0 Å². The third kappa shape index (κ3) is 1.53. The average molecular weight is 251 g/mol. The van der Waals surface area contributed by atoms with Crippen molar-refractivity contribution in [3.63, 3.8) is 0 Å². The summed E-state index contributed by atoms with van der Waals surface area (Å²) in [5.41, 5.74) is 2.49. The second-order valence-corrected chi connectivity index (χ2v) is 5.47. The highest BCUT2D eigenvalue weighted by Gasteiger charge is 2.29. The normalized spacial score (nSPS) is 23.4. The summed E-state index contributed by atoms with van der Waals surface area (Å²) in [7, 11) is 0. The third-order valence-corrected chi connectivity index (χ3v) is 4.39. The van der Waals surface area contributed by atoms with Crippen LogP contribution in [0.1, 0.15) is 25.3 Å². The lowest BCUT2D eigenvalue weighted by molar-refractivity contribution is 0.140. The first-order valence-corrected chi connectivity index (χ1v) is 7.02. The Morgan fingerprint density at radius 2 is 1.42 bits per heavy atom. The van der Waals surface area contributed by atoms with Gasteiger partial charge in [-0.3, -0.25) is 0 Å². The Hall–Kier alpha value is -1.80. The predicted octanol–water partition coefficient (Wildman–Crippen LogP) is 3.88. The fourth-order valence-electron chi connectivity index (χ4n) is 3.53. The molecule has 4 rings (SSSR count). The number of aliphatic hydroxyl groups excluding tert-OH is 1. The second kappa shape index (κ2) is 4.10. The molecule has 1 aliphatic carbocycles. The number of fused-ring (bicyclic) bond motifs is 3. The molecule has 2 atom stereocenters. The summed E-state index contributed by atoms with van der Waals surface area (Å²) < 4.78 is 2.35. The molecular weight excluding hydrogens is 234 g/mol. The highest BCUT2D eigenvalue weighted by atomic mass is 16.3. The van der Waals surface area contributed by atoms with Crippen molar-refractivity contribution >= 4 is 21.8 Å². The fraction of sp³-hybridized carbons (Fsp3) is 0.294. The van der Waals surface area contributed by atoms with Crippen molar-refractivity contribution in [2.24, 2.45) is 0 Å². The summed E-state index contributed by atoms with van der Waals surface area (Å²) in [5.74, 6) is 0. The first kappa shape index (κ1) is 11.1. The van der Waals surface area contributed by atoms with E-state index in [1.165, 1.54) is 21.8 Å². The van der Waals surface area contributed by atoms with E-state index < -0.39 is 0 Å². The molecule has 1 fully saturated rings. The van der Waals surface area contributed by atoms with Gasteiger partial charge in [-0.1, -0.05) is 36.4 Å². The monoisotopic (exact) mass is 251 g/mol. The Bertz CT molecular complexity index is 690. The van der Waals surface area contributed by atoms with Crippen molar-refractivity contribution in [3.05, 3.63) is 48.5 Å². The Labute approximate surface area is 112 Å². The smallest absolute Gasteiger partial charge is 0.0747 e. The summed E-state index contributed by atoms with van der Waals surface area (Å²) in [6.45, 7) is 0. The van der Waals surface area contributed by atoms with Gasteiger partial charge in [-0.05, 0) is 31.4 Å². The predicted molar refractivity (Wildman–Crippen MR) is 78.3 cm³/mol. The lowest BCUT2D eigenvalue weighted by Gasteiger charge is -2.19. The molecule has 96 valence electrons. The number of para-hydroxylation sites is 2. The lowest BCUT2D eigenvalue weighted by atomic mass is 10.2. The molecule has 0 spiro atoms. The van der Waals surface area contributed by atoms with E-state index in [0.29, 0.717) is 0 Å². The largest absolute Gasteiger partial charge is 0.391 e. The Morgan fingerprint density at radius 1 is 0.842 bits per heavy atom. The molecule has 0 aliphatic heterocycles. The topological polar surface area (TPSA) is 25.2 Å². The van der Waals surface area contributed by atoms with Gasteiger partial charge in [0.05, 0.1) is 12.1 Å². The van der Waals surface area contributed by atoms with E-state index in [2.05, 4.69) is 53.1 Å². The van der Waals surface area contributed by atoms with Crippen molar-refractivity contribution in [1.82, 2.24) is 4.57 Å². The minimum atomic E-state index is -0.209. The second-order valence-electron chi connectivity index (χ2n) is 5.47. The van der Waals surface area contributed by atoms with E-state index in [1.807, 2.05) is 0 Å². The maximum atomic E-state index is 10.3. The molecule has 2 aromatic carbocycles. The molecule has 0 saturated heterocycles. The molecular formula is C17H17NO. The van der Waals surface area contributed by atoms with Crippen LogP contribution in [0.3, 0.4) is 0 Å². The zero-order chi connectivity index (χ0) is 12.8. The van der Waals surface area contributed by atoms with Gasteiger partial charge in [-0.2, -0.15) is 0 Å². The molecule has 19 heavy (non-hydrogen) atoms. The SMILES string of the molecule is O[C@H]1CCC[C@@H]1n1c2ccccc2c2ccccc21. The Kier molecular flexibility index (Phi) is 2.39. The number of nitrogens with zero attached hydrogens (tertiary/aromatic N) is 1. The Balaban J connectivity index is 2.10. The van der Waals surface area contributed by atoms with Gasteiger partial charge in [0.25, 0.3) is 0 Å². The first-order valence-electron chi connectivity index (χ1n) is 7.02. The highest BCUT2D eigenvalue weighted by Crippen LogP contribution is 2.38. The van der Waals surface area contributed by atoms with Crippen LogP contribution in [-0.2, 0) is 0 Å². The molecule has 3 aromatic rings. The zero-order valence-electron chi connectivity index (χ0n) is 10.8. The molecule has 0 bridgehead atoms. The van der Waals surface area contributed by atoms with Gasteiger partial charge < -0.3 is 9.67 Å². The van der Waals surface area contributed by atoms with Gasteiger partial charge in [-0.25, -0.2) is 0 Å². The van der Waals surface area contributed by atoms with Gasteiger partial charge in [0.1, 0.15) is 0 Å². The van der Waals surface area contributed by atoms with E-state index in [-0.39, 0.29) is 12.1 Å². The maximum Gasteiger partial charge on any atom is 0.0747 e. The summed E-state index contributed by atoms with van der Waals surface area (Å²) >= 11 is 0. The summed E-state index contributed by atoms with van der Waals surface area (Å²) in [6, 6.07) is 17.3. The van der Waals surface area contributed by atoms with E-state index in [4.69, 9.17) is 0 Å². The number of benzene rings is 2. The molecule has 1 aliphatic rings. The molecule has 2 heteroatoms. The molecule has 2 nitrogen and oxygen atoms in total. The van der Waals surface area contributed by atoms with Crippen LogP contribution in [0.25, 0.3) is 21.8 Å². The lowest BCUT2D eigenvalue weighted by Crippen LogP contribution is -2.17. The standard InChI is InChI=1S/C17H17NO/c19-17-11-5-10-16(17)18-14-8-3-1-6-12(14)13-7-2-4-9-15(13)18/h1-4,6-9,16-17,19H,5,10-11H2/t16-,17-/m0/s1. The number of aliphatic hydroxyl groups is 1. The summed E-state index contributed by atoms with van der Waals surface area (Å²) in [4.78, 5) is 0. The van der Waals surface area contributed by atoms with Crippen LogP contribution in [0, 0.1) is 0 Å². The molecule has 0 unspecified atom stereocenters. The number of hydrogen-bond donors (Lipinski definition) is 1. The number of aromatic nitrogens is 1.